The molecule has 0 saturated carbocycles. The van der Waals surface area contributed by atoms with E-state index in [4.69, 9.17) is 10.5 Å². The van der Waals surface area contributed by atoms with Gasteiger partial charge in [0.05, 0.1) is 7.11 Å². The average Bonchev–Trinajstić information content (AvgIpc) is 2.46. The van der Waals surface area contributed by atoms with Gasteiger partial charge in [0.1, 0.15) is 5.75 Å². The van der Waals surface area contributed by atoms with Gasteiger partial charge >= 0.3 is 0 Å². The van der Waals surface area contributed by atoms with E-state index >= 15 is 0 Å². The molecule has 0 aliphatic carbocycles. The number of benzene rings is 2. The Hall–Kier alpha value is -1.52. The molecule has 0 fully saturated rings. The largest absolute Gasteiger partial charge is 0.497 e. The second-order valence-corrected chi connectivity index (χ2v) is 5.66. The van der Waals surface area contributed by atoms with Gasteiger partial charge in [-0.3, -0.25) is 0 Å². The molecule has 0 saturated heterocycles. The van der Waals surface area contributed by atoms with Gasteiger partial charge in [-0.1, -0.05) is 15.9 Å². The summed E-state index contributed by atoms with van der Waals surface area (Å²) in [6.45, 7) is 1.99. The average molecular weight is 335 g/mol. The van der Waals surface area contributed by atoms with Crippen molar-refractivity contribution in [3.8, 4) is 5.75 Å². The maximum atomic E-state index is 6.08. The van der Waals surface area contributed by atoms with Gasteiger partial charge in [0.2, 0.25) is 0 Å². The molecule has 0 heterocycles. The molecule has 2 aromatic carbocycles. The zero-order chi connectivity index (χ0) is 14.7. The zero-order valence-corrected chi connectivity index (χ0v) is 13.5. The van der Waals surface area contributed by atoms with Crippen LogP contribution in [0.5, 0.6) is 5.75 Å². The number of anilines is 2. The predicted octanol–water partition coefficient (Wildman–Crippen LogP) is 4.25. The van der Waals surface area contributed by atoms with Crippen molar-refractivity contribution >= 4 is 27.3 Å². The Morgan fingerprint density at radius 3 is 2.35 bits per heavy atom. The van der Waals surface area contributed by atoms with E-state index in [0.29, 0.717) is 0 Å². The molecule has 0 spiro atoms. The first-order valence-corrected chi connectivity index (χ1v) is 7.25. The van der Waals surface area contributed by atoms with Gasteiger partial charge in [-0.05, 0) is 55.0 Å². The minimum Gasteiger partial charge on any atom is -0.497 e. The lowest BCUT2D eigenvalue weighted by molar-refractivity contribution is 0.415. The van der Waals surface area contributed by atoms with Crippen molar-refractivity contribution in [1.82, 2.24) is 0 Å². The van der Waals surface area contributed by atoms with E-state index in [1.54, 1.807) is 7.11 Å². The Bertz CT molecular complexity index is 582. The molecule has 0 aliphatic rings. The molecular formula is C16H19BrN2O. The number of methoxy groups -OCH3 is 1. The molecule has 2 aromatic rings. The van der Waals surface area contributed by atoms with Gasteiger partial charge in [-0.2, -0.15) is 0 Å². The third-order valence-electron chi connectivity index (χ3n) is 3.30. The van der Waals surface area contributed by atoms with Gasteiger partial charge in [0.25, 0.3) is 0 Å². The van der Waals surface area contributed by atoms with Crippen molar-refractivity contribution in [3.05, 3.63) is 52.5 Å². The van der Waals surface area contributed by atoms with Crippen molar-refractivity contribution in [2.24, 2.45) is 5.73 Å². The van der Waals surface area contributed by atoms with E-state index in [2.05, 4.69) is 33.0 Å². The van der Waals surface area contributed by atoms with Crippen molar-refractivity contribution in [3.63, 3.8) is 0 Å². The summed E-state index contributed by atoms with van der Waals surface area (Å²) in [7, 11) is 3.71. The van der Waals surface area contributed by atoms with Crippen LogP contribution in [0.2, 0.25) is 0 Å². The minimum atomic E-state index is -0.0248. The zero-order valence-electron chi connectivity index (χ0n) is 11.9. The van der Waals surface area contributed by atoms with E-state index < -0.39 is 0 Å². The summed E-state index contributed by atoms with van der Waals surface area (Å²) in [5, 5.41) is 0. The Kier molecular flexibility index (Phi) is 4.68. The number of hydrogen-bond donors (Lipinski definition) is 1. The highest BCUT2D eigenvalue weighted by Crippen LogP contribution is 2.32. The van der Waals surface area contributed by atoms with Crippen LogP contribution in [0.25, 0.3) is 0 Å². The first kappa shape index (κ1) is 14.9. The second kappa shape index (κ2) is 6.29. The molecule has 0 aromatic heterocycles. The first-order chi connectivity index (χ1) is 9.52. The van der Waals surface area contributed by atoms with E-state index in [9.17, 15) is 0 Å². The van der Waals surface area contributed by atoms with Gasteiger partial charge < -0.3 is 15.4 Å². The summed E-state index contributed by atoms with van der Waals surface area (Å²) in [5.74, 6) is 0.852. The van der Waals surface area contributed by atoms with Crippen molar-refractivity contribution in [2.75, 3.05) is 19.1 Å². The monoisotopic (exact) mass is 334 g/mol. The number of rotatable bonds is 4. The van der Waals surface area contributed by atoms with E-state index in [0.717, 1.165) is 27.2 Å². The normalized spacial score (nSPS) is 12.1. The van der Waals surface area contributed by atoms with Gasteiger partial charge in [0, 0.05) is 28.9 Å². The summed E-state index contributed by atoms with van der Waals surface area (Å²) in [6.07, 6.45) is 0. The Labute approximate surface area is 128 Å². The lowest BCUT2D eigenvalue weighted by atomic mass is 10.1. The van der Waals surface area contributed by atoms with Gasteiger partial charge in [-0.15, -0.1) is 0 Å². The highest BCUT2D eigenvalue weighted by Gasteiger charge is 2.12. The molecular weight excluding hydrogens is 316 g/mol. The molecule has 1 unspecified atom stereocenters. The third kappa shape index (κ3) is 3.14. The number of nitrogens with zero attached hydrogens (tertiary/aromatic N) is 1. The van der Waals surface area contributed by atoms with E-state index in [-0.39, 0.29) is 6.04 Å². The fourth-order valence-electron chi connectivity index (χ4n) is 2.14. The number of halogens is 1. The predicted molar refractivity (Wildman–Crippen MR) is 87.8 cm³/mol. The summed E-state index contributed by atoms with van der Waals surface area (Å²) < 4.78 is 6.23. The van der Waals surface area contributed by atoms with Crippen LogP contribution in [0.4, 0.5) is 11.4 Å². The highest BCUT2D eigenvalue weighted by atomic mass is 79.9. The van der Waals surface area contributed by atoms with E-state index in [1.807, 2.05) is 44.3 Å². The maximum absolute atomic E-state index is 6.08. The number of hydrogen-bond acceptors (Lipinski definition) is 3. The van der Waals surface area contributed by atoms with Crippen LogP contribution in [0, 0.1) is 0 Å². The van der Waals surface area contributed by atoms with Crippen LogP contribution in [0.1, 0.15) is 18.5 Å². The Balaban J connectivity index is 2.39. The summed E-state index contributed by atoms with van der Waals surface area (Å²) in [4.78, 5) is 2.13. The summed E-state index contributed by atoms with van der Waals surface area (Å²) in [6, 6.07) is 14.1. The molecule has 0 radical (unpaired) electrons. The Morgan fingerprint density at radius 2 is 1.80 bits per heavy atom. The first-order valence-electron chi connectivity index (χ1n) is 6.45. The lowest BCUT2D eigenvalue weighted by Crippen LogP contribution is -2.15. The molecule has 106 valence electrons. The molecule has 2 N–H and O–H groups in total. The van der Waals surface area contributed by atoms with Crippen LogP contribution in [0.3, 0.4) is 0 Å². The van der Waals surface area contributed by atoms with Crippen LogP contribution in [-0.4, -0.2) is 14.2 Å². The molecule has 4 heteroatoms. The molecule has 20 heavy (non-hydrogen) atoms. The van der Waals surface area contributed by atoms with Crippen molar-refractivity contribution < 1.29 is 4.74 Å². The summed E-state index contributed by atoms with van der Waals surface area (Å²) in [5.41, 5.74) is 9.38. The maximum Gasteiger partial charge on any atom is 0.119 e. The molecule has 0 amide bonds. The molecule has 2 rings (SSSR count). The fraction of sp³-hybridized carbons (Fsp3) is 0.250. The van der Waals surface area contributed by atoms with Crippen molar-refractivity contribution in [2.45, 2.75) is 13.0 Å². The smallest absolute Gasteiger partial charge is 0.119 e. The Morgan fingerprint density at radius 1 is 1.15 bits per heavy atom. The van der Waals surface area contributed by atoms with Crippen LogP contribution in [-0.2, 0) is 0 Å². The van der Waals surface area contributed by atoms with Gasteiger partial charge in [-0.25, -0.2) is 0 Å². The standard InChI is InChI=1S/C16H19BrN2O/c1-11(18)15-10-12(17)4-9-16(15)19(2)13-5-7-14(20-3)8-6-13/h4-11H,18H2,1-3H3. The SMILES string of the molecule is COc1ccc(N(C)c2ccc(Br)cc2C(C)N)cc1. The van der Waals surface area contributed by atoms with Gasteiger partial charge in [0.15, 0.2) is 0 Å². The fourth-order valence-corrected chi connectivity index (χ4v) is 2.52. The summed E-state index contributed by atoms with van der Waals surface area (Å²) >= 11 is 3.50. The molecule has 3 nitrogen and oxygen atoms in total. The lowest BCUT2D eigenvalue weighted by Gasteiger charge is -2.24. The highest BCUT2D eigenvalue weighted by molar-refractivity contribution is 9.10. The second-order valence-electron chi connectivity index (χ2n) is 4.75. The van der Waals surface area contributed by atoms with E-state index in [1.165, 1.54) is 0 Å². The molecule has 0 aliphatic heterocycles. The number of nitrogens with two attached hydrogens (primary N) is 1. The molecule has 0 bridgehead atoms. The quantitative estimate of drug-likeness (QED) is 0.908. The topological polar surface area (TPSA) is 38.5 Å². The van der Waals surface area contributed by atoms with Crippen LogP contribution in [0.15, 0.2) is 46.9 Å². The van der Waals surface area contributed by atoms with Crippen LogP contribution < -0.4 is 15.4 Å². The molecule has 1 atom stereocenters. The minimum absolute atomic E-state index is 0.0248. The number of ether oxygens (including phenoxy) is 1. The third-order valence-corrected chi connectivity index (χ3v) is 3.79. The van der Waals surface area contributed by atoms with Crippen LogP contribution >= 0.6 is 15.9 Å². The van der Waals surface area contributed by atoms with Crippen molar-refractivity contribution in [1.29, 1.82) is 0 Å².